The molecule has 2 rings (SSSR count). The molecule has 124 valence electrons. The van der Waals surface area contributed by atoms with Crippen molar-refractivity contribution in [3.05, 3.63) is 30.5 Å². The lowest BCUT2D eigenvalue weighted by atomic mass is 10.1. The highest BCUT2D eigenvalue weighted by Gasteiger charge is 2.24. The van der Waals surface area contributed by atoms with E-state index in [0.29, 0.717) is 17.3 Å². The minimum Gasteiger partial charge on any atom is -0.443 e. The van der Waals surface area contributed by atoms with E-state index in [-0.39, 0.29) is 6.04 Å². The zero-order chi connectivity index (χ0) is 17.2. The maximum Gasteiger partial charge on any atom is 0.421 e. The topological polar surface area (TPSA) is 82.2 Å². The van der Waals surface area contributed by atoms with E-state index >= 15 is 0 Å². The van der Waals surface area contributed by atoms with Crippen LogP contribution in [-0.2, 0) is 4.74 Å². The Morgan fingerprint density at radius 1 is 1.35 bits per heavy atom. The molecular weight excluding hydrogens is 292 g/mol. The van der Waals surface area contributed by atoms with Crippen LogP contribution in [0.4, 0.5) is 16.4 Å². The highest BCUT2D eigenvalue weighted by molar-refractivity contribution is 5.82. The van der Waals surface area contributed by atoms with Crippen molar-refractivity contribution >= 4 is 17.7 Å². The predicted octanol–water partition coefficient (Wildman–Crippen LogP) is 3.74. The van der Waals surface area contributed by atoms with Gasteiger partial charge in [-0.2, -0.15) is 0 Å². The number of benzene rings is 1. The van der Waals surface area contributed by atoms with Gasteiger partial charge in [0.25, 0.3) is 0 Å². The average molecular weight is 316 g/mol. The van der Waals surface area contributed by atoms with Crippen LogP contribution in [0.2, 0.25) is 0 Å². The van der Waals surface area contributed by atoms with Gasteiger partial charge in [-0.05, 0) is 46.8 Å². The average Bonchev–Trinajstić information content (AvgIpc) is 2.79. The van der Waals surface area contributed by atoms with E-state index in [1.54, 1.807) is 18.3 Å². The number of nitrogens with one attached hydrogen (secondary N) is 1. The SMILES string of the molecule is CC(C)Nc1ncc(-c2cccc(N)c2)n1C(=O)OC(C)(C)C. The van der Waals surface area contributed by atoms with E-state index in [0.717, 1.165) is 5.56 Å². The van der Waals surface area contributed by atoms with E-state index in [2.05, 4.69) is 10.3 Å². The van der Waals surface area contributed by atoms with Gasteiger partial charge in [-0.3, -0.25) is 0 Å². The third-order valence-corrected chi connectivity index (χ3v) is 2.94. The minimum absolute atomic E-state index is 0.132. The molecule has 23 heavy (non-hydrogen) atoms. The lowest BCUT2D eigenvalue weighted by Gasteiger charge is -2.21. The van der Waals surface area contributed by atoms with Gasteiger partial charge < -0.3 is 15.8 Å². The summed E-state index contributed by atoms with van der Waals surface area (Å²) in [7, 11) is 0. The maximum absolute atomic E-state index is 12.6. The predicted molar refractivity (Wildman–Crippen MR) is 92.5 cm³/mol. The van der Waals surface area contributed by atoms with Gasteiger partial charge in [0.2, 0.25) is 5.95 Å². The first-order valence-corrected chi connectivity index (χ1v) is 7.61. The van der Waals surface area contributed by atoms with Crippen molar-refractivity contribution in [2.75, 3.05) is 11.1 Å². The number of hydrogen-bond donors (Lipinski definition) is 2. The second-order valence-corrected chi connectivity index (χ2v) is 6.71. The van der Waals surface area contributed by atoms with Crippen molar-refractivity contribution in [1.29, 1.82) is 0 Å². The summed E-state index contributed by atoms with van der Waals surface area (Å²) in [5.41, 5.74) is 7.32. The Balaban J connectivity index is 2.51. The van der Waals surface area contributed by atoms with Gasteiger partial charge in [0.05, 0.1) is 11.9 Å². The van der Waals surface area contributed by atoms with Gasteiger partial charge in [-0.1, -0.05) is 12.1 Å². The number of imidazole rings is 1. The van der Waals surface area contributed by atoms with E-state index in [1.165, 1.54) is 4.57 Å². The summed E-state index contributed by atoms with van der Waals surface area (Å²) in [6.07, 6.45) is 1.17. The Morgan fingerprint density at radius 2 is 2.04 bits per heavy atom. The zero-order valence-electron chi connectivity index (χ0n) is 14.3. The summed E-state index contributed by atoms with van der Waals surface area (Å²) >= 11 is 0. The number of ether oxygens (including phenoxy) is 1. The van der Waals surface area contributed by atoms with E-state index in [9.17, 15) is 4.79 Å². The third-order valence-electron chi connectivity index (χ3n) is 2.94. The Labute approximate surface area is 136 Å². The van der Waals surface area contributed by atoms with Crippen molar-refractivity contribution in [3.8, 4) is 11.3 Å². The van der Waals surface area contributed by atoms with Crippen LogP contribution < -0.4 is 11.1 Å². The molecule has 0 atom stereocenters. The van der Waals surface area contributed by atoms with E-state index < -0.39 is 11.7 Å². The molecule has 0 aliphatic heterocycles. The first-order valence-electron chi connectivity index (χ1n) is 7.61. The van der Waals surface area contributed by atoms with Crippen LogP contribution in [-0.4, -0.2) is 27.3 Å². The number of anilines is 2. The smallest absolute Gasteiger partial charge is 0.421 e. The molecule has 0 amide bonds. The molecule has 1 aromatic heterocycles. The van der Waals surface area contributed by atoms with Crippen molar-refractivity contribution in [3.63, 3.8) is 0 Å². The summed E-state index contributed by atoms with van der Waals surface area (Å²) in [4.78, 5) is 17.0. The molecule has 0 aliphatic carbocycles. The van der Waals surface area contributed by atoms with Crippen molar-refractivity contribution in [1.82, 2.24) is 9.55 Å². The highest BCUT2D eigenvalue weighted by Crippen LogP contribution is 2.26. The Morgan fingerprint density at radius 3 is 2.61 bits per heavy atom. The minimum atomic E-state index is -0.594. The molecule has 6 heteroatoms. The summed E-state index contributed by atoms with van der Waals surface area (Å²) in [5, 5.41) is 3.16. The molecular formula is C17H24N4O2. The molecule has 0 radical (unpaired) electrons. The number of carbonyl (C=O) groups excluding carboxylic acids is 1. The van der Waals surface area contributed by atoms with Crippen LogP contribution in [0.3, 0.4) is 0 Å². The number of aromatic nitrogens is 2. The monoisotopic (exact) mass is 316 g/mol. The molecule has 0 spiro atoms. The molecule has 0 aliphatic rings. The van der Waals surface area contributed by atoms with Crippen LogP contribution in [0.15, 0.2) is 30.5 Å². The van der Waals surface area contributed by atoms with Gasteiger partial charge >= 0.3 is 6.09 Å². The summed E-state index contributed by atoms with van der Waals surface area (Å²) in [5.74, 6) is 0.451. The van der Waals surface area contributed by atoms with Gasteiger partial charge in [0, 0.05) is 17.3 Å². The standard InChI is InChI=1S/C17H24N4O2/c1-11(2)20-15-19-10-14(12-7-6-8-13(18)9-12)21(15)16(22)23-17(3,4)5/h6-11H,18H2,1-5H3,(H,19,20). The Bertz CT molecular complexity index is 699. The first kappa shape index (κ1) is 16.9. The second kappa shape index (κ2) is 6.32. The normalized spacial score (nSPS) is 11.6. The number of rotatable bonds is 3. The Hall–Kier alpha value is -2.50. The molecule has 0 unspecified atom stereocenters. The highest BCUT2D eigenvalue weighted by atomic mass is 16.6. The van der Waals surface area contributed by atoms with E-state index in [4.69, 9.17) is 10.5 Å². The fourth-order valence-electron chi connectivity index (χ4n) is 2.11. The van der Waals surface area contributed by atoms with Crippen LogP contribution in [0.1, 0.15) is 34.6 Å². The number of nitrogens with zero attached hydrogens (tertiary/aromatic N) is 2. The summed E-state index contributed by atoms with van der Waals surface area (Å²) in [6, 6.07) is 7.45. The van der Waals surface area contributed by atoms with Gasteiger partial charge in [-0.15, -0.1) is 0 Å². The van der Waals surface area contributed by atoms with Crippen LogP contribution >= 0.6 is 0 Å². The van der Waals surface area contributed by atoms with Gasteiger partial charge in [0.15, 0.2) is 0 Å². The number of nitrogen functional groups attached to an aromatic ring is 1. The molecule has 0 bridgehead atoms. The maximum atomic E-state index is 12.6. The molecule has 1 heterocycles. The molecule has 0 saturated carbocycles. The summed E-state index contributed by atoms with van der Waals surface area (Å²) in [6.45, 7) is 9.45. The molecule has 3 N–H and O–H groups in total. The molecule has 6 nitrogen and oxygen atoms in total. The largest absolute Gasteiger partial charge is 0.443 e. The molecule has 1 aromatic carbocycles. The second-order valence-electron chi connectivity index (χ2n) is 6.71. The first-order chi connectivity index (χ1) is 10.7. The quantitative estimate of drug-likeness (QED) is 0.843. The number of nitrogens with two attached hydrogens (primary N) is 1. The summed E-state index contributed by atoms with van der Waals surface area (Å²) < 4.78 is 6.95. The van der Waals surface area contributed by atoms with Crippen LogP contribution in [0, 0.1) is 0 Å². The van der Waals surface area contributed by atoms with Crippen molar-refractivity contribution in [2.24, 2.45) is 0 Å². The van der Waals surface area contributed by atoms with Crippen LogP contribution in [0.5, 0.6) is 0 Å². The molecule has 2 aromatic rings. The number of carbonyl (C=O) groups is 1. The zero-order valence-corrected chi connectivity index (χ0v) is 14.3. The lowest BCUT2D eigenvalue weighted by Crippen LogP contribution is -2.29. The fraction of sp³-hybridized carbons (Fsp3) is 0.412. The lowest BCUT2D eigenvalue weighted by molar-refractivity contribution is 0.0543. The molecule has 0 saturated heterocycles. The Kier molecular flexibility index (Phi) is 4.63. The third kappa shape index (κ3) is 4.25. The van der Waals surface area contributed by atoms with E-state index in [1.807, 2.05) is 46.8 Å². The van der Waals surface area contributed by atoms with Crippen molar-refractivity contribution < 1.29 is 9.53 Å². The fourth-order valence-corrected chi connectivity index (χ4v) is 2.11. The van der Waals surface area contributed by atoms with Gasteiger partial charge in [-0.25, -0.2) is 14.3 Å². The number of hydrogen-bond acceptors (Lipinski definition) is 5. The van der Waals surface area contributed by atoms with Crippen molar-refractivity contribution in [2.45, 2.75) is 46.3 Å². The van der Waals surface area contributed by atoms with Gasteiger partial charge in [0.1, 0.15) is 5.60 Å². The van der Waals surface area contributed by atoms with Crippen LogP contribution in [0.25, 0.3) is 11.3 Å². The molecule has 0 fully saturated rings.